The van der Waals surface area contributed by atoms with Gasteiger partial charge in [-0.1, -0.05) is 74.9 Å². The van der Waals surface area contributed by atoms with Gasteiger partial charge in [-0.25, -0.2) is 0 Å². The van der Waals surface area contributed by atoms with E-state index in [4.69, 9.17) is 0 Å². The Morgan fingerprint density at radius 1 is 1.19 bits per heavy atom. The maximum atomic E-state index is 4.68. The summed E-state index contributed by atoms with van der Waals surface area (Å²) in [5.41, 5.74) is 1.92. The van der Waals surface area contributed by atoms with Crippen LogP contribution in [0.4, 0.5) is 0 Å². The average Bonchev–Trinajstić information content (AvgIpc) is 2.86. The van der Waals surface area contributed by atoms with Crippen molar-refractivity contribution in [1.82, 2.24) is 0 Å². The van der Waals surface area contributed by atoms with E-state index in [-0.39, 0.29) is 4.75 Å². The molecule has 0 bridgehead atoms. The van der Waals surface area contributed by atoms with E-state index in [0.29, 0.717) is 17.3 Å². The first-order chi connectivity index (χ1) is 12.7. The lowest BCUT2D eigenvalue weighted by Gasteiger charge is -2.45. The molecule has 4 rings (SSSR count). The van der Waals surface area contributed by atoms with Crippen LogP contribution >= 0.6 is 23.5 Å². The summed E-state index contributed by atoms with van der Waals surface area (Å²) in [5.74, 6) is 2.49. The van der Waals surface area contributed by atoms with Crippen LogP contribution in [0.2, 0.25) is 0 Å². The molecule has 2 heterocycles. The summed E-state index contributed by atoms with van der Waals surface area (Å²) in [6.45, 7) is 4.75. The first kappa shape index (κ1) is 18.4. The van der Waals surface area contributed by atoms with Crippen LogP contribution in [0, 0.1) is 11.3 Å². The fraction of sp³-hybridized carbons (Fsp3) is 0.522. The molecule has 0 saturated carbocycles. The van der Waals surface area contributed by atoms with Gasteiger partial charge in [0.1, 0.15) is 0 Å². The molecule has 0 N–H and O–H groups in total. The molecule has 1 aliphatic carbocycles. The van der Waals surface area contributed by atoms with Gasteiger partial charge in [0.25, 0.3) is 0 Å². The Kier molecular flexibility index (Phi) is 5.38. The average molecular weight is 384 g/mol. The highest BCUT2D eigenvalue weighted by Gasteiger charge is 2.59. The second-order valence-electron chi connectivity index (χ2n) is 7.92. The van der Waals surface area contributed by atoms with Crippen LogP contribution in [0.25, 0.3) is 0 Å². The van der Waals surface area contributed by atoms with Crippen molar-refractivity contribution in [2.75, 3.05) is 5.75 Å². The summed E-state index contributed by atoms with van der Waals surface area (Å²) in [6.07, 6.45) is 13.4. The minimum Gasteiger partial charge on any atom is -0.267 e. The smallest absolute Gasteiger partial charge is 0.0851 e. The van der Waals surface area contributed by atoms with Crippen molar-refractivity contribution in [1.29, 1.82) is 0 Å². The van der Waals surface area contributed by atoms with Gasteiger partial charge in [-0.15, -0.1) is 11.8 Å². The zero-order valence-electron chi connectivity index (χ0n) is 15.9. The van der Waals surface area contributed by atoms with Crippen molar-refractivity contribution in [3.63, 3.8) is 0 Å². The van der Waals surface area contributed by atoms with Gasteiger partial charge in [-0.3, -0.25) is 4.99 Å². The third-order valence-corrected chi connectivity index (χ3v) is 9.57. The molecule has 0 radical (unpaired) electrons. The van der Waals surface area contributed by atoms with E-state index in [9.17, 15) is 0 Å². The number of nitrogens with zero attached hydrogens (tertiary/aromatic N) is 1. The second-order valence-corrected chi connectivity index (χ2v) is 10.1. The van der Waals surface area contributed by atoms with Crippen LogP contribution in [-0.4, -0.2) is 16.7 Å². The molecule has 2 unspecified atom stereocenters. The van der Waals surface area contributed by atoms with Crippen LogP contribution < -0.4 is 0 Å². The lowest BCUT2D eigenvalue weighted by Crippen LogP contribution is -2.44. The van der Waals surface area contributed by atoms with E-state index in [1.54, 1.807) is 0 Å². The maximum absolute atomic E-state index is 4.68. The summed E-state index contributed by atoms with van der Waals surface area (Å²) < 4.78 is 0.100. The summed E-state index contributed by atoms with van der Waals surface area (Å²) in [6, 6.07) is 11.1. The number of aliphatic imine (C=N–C) groups is 1. The summed E-state index contributed by atoms with van der Waals surface area (Å²) in [7, 11) is 0. The summed E-state index contributed by atoms with van der Waals surface area (Å²) in [4.78, 5) is 6.20. The van der Waals surface area contributed by atoms with Crippen LogP contribution in [-0.2, 0) is 0 Å². The van der Waals surface area contributed by atoms with E-state index in [1.807, 2.05) is 18.0 Å². The van der Waals surface area contributed by atoms with Crippen molar-refractivity contribution in [3.8, 4) is 0 Å². The lowest BCUT2D eigenvalue weighted by molar-refractivity contribution is 0.152. The van der Waals surface area contributed by atoms with Crippen LogP contribution in [0.5, 0.6) is 0 Å². The van der Waals surface area contributed by atoms with Crippen LogP contribution in [0.3, 0.4) is 0 Å². The molecule has 1 aromatic carbocycles. The van der Waals surface area contributed by atoms with Crippen molar-refractivity contribution in [2.24, 2.45) is 16.3 Å². The molecule has 0 aromatic heterocycles. The Morgan fingerprint density at radius 2 is 2.04 bits per heavy atom. The van der Waals surface area contributed by atoms with Gasteiger partial charge in [0.2, 0.25) is 0 Å². The third-order valence-electron chi connectivity index (χ3n) is 6.65. The van der Waals surface area contributed by atoms with Crippen molar-refractivity contribution in [2.45, 2.75) is 56.6 Å². The number of hydrogen-bond donors (Lipinski definition) is 0. The highest BCUT2D eigenvalue weighted by molar-refractivity contribution is 8.09. The second kappa shape index (κ2) is 7.59. The fourth-order valence-electron chi connectivity index (χ4n) is 5.07. The van der Waals surface area contributed by atoms with Gasteiger partial charge < -0.3 is 0 Å². The molecule has 2 aliphatic heterocycles. The molecule has 1 spiro atoms. The Bertz CT molecular complexity index is 723. The molecule has 3 heteroatoms. The Morgan fingerprint density at radius 3 is 2.81 bits per heavy atom. The maximum Gasteiger partial charge on any atom is 0.0851 e. The number of benzene rings is 1. The summed E-state index contributed by atoms with van der Waals surface area (Å²) in [5, 5.41) is 2.17. The van der Waals surface area contributed by atoms with Crippen molar-refractivity contribution < 1.29 is 0 Å². The first-order valence-electron chi connectivity index (χ1n) is 10.0. The van der Waals surface area contributed by atoms with Gasteiger partial charge >= 0.3 is 0 Å². The molecule has 26 heavy (non-hydrogen) atoms. The van der Waals surface area contributed by atoms with Gasteiger partial charge in [0.05, 0.1) is 4.75 Å². The topological polar surface area (TPSA) is 12.4 Å². The normalized spacial score (nSPS) is 35.5. The Hall–Kier alpha value is -0.930. The van der Waals surface area contributed by atoms with Crippen molar-refractivity contribution >= 4 is 29.7 Å². The molecule has 3 aliphatic rings. The number of hydrogen-bond acceptors (Lipinski definition) is 3. The third kappa shape index (κ3) is 3.01. The Balaban J connectivity index is 1.78. The Labute approximate surface area is 166 Å². The molecule has 1 nitrogen and oxygen atoms in total. The van der Waals surface area contributed by atoms with Gasteiger partial charge in [0.15, 0.2) is 0 Å². The summed E-state index contributed by atoms with van der Waals surface area (Å²) >= 11 is 4.08. The zero-order valence-corrected chi connectivity index (χ0v) is 17.5. The van der Waals surface area contributed by atoms with E-state index < -0.39 is 0 Å². The largest absolute Gasteiger partial charge is 0.267 e. The zero-order chi connectivity index (χ0) is 18.0. The van der Waals surface area contributed by atoms with Gasteiger partial charge in [-0.05, 0) is 41.6 Å². The highest BCUT2D eigenvalue weighted by Crippen LogP contribution is 2.65. The predicted octanol–water partition coefficient (Wildman–Crippen LogP) is 7.04. The molecule has 0 amide bonds. The molecule has 1 fully saturated rings. The molecular weight excluding hydrogens is 354 g/mol. The SMILES string of the molecule is CCCCC1(CC)CS[C@]23C=NC=CSC2=CC(c2ccccc2)C[C@@H]13. The quantitative estimate of drug-likeness (QED) is 0.541. The molecule has 1 saturated heterocycles. The number of rotatable bonds is 5. The molecular formula is C23H29NS2. The van der Waals surface area contributed by atoms with Crippen molar-refractivity contribution in [3.05, 3.63) is 58.5 Å². The number of allylic oxidation sites excluding steroid dienone is 1. The first-order valence-corrected chi connectivity index (χ1v) is 11.9. The van der Waals surface area contributed by atoms with Gasteiger partial charge in [-0.2, -0.15) is 0 Å². The molecule has 4 atom stereocenters. The van der Waals surface area contributed by atoms with Gasteiger partial charge in [0, 0.05) is 29.0 Å². The molecule has 138 valence electrons. The van der Waals surface area contributed by atoms with E-state index in [1.165, 1.54) is 48.3 Å². The van der Waals surface area contributed by atoms with E-state index >= 15 is 0 Å². The van der Waals surface area contributed by atoms with Crippen LogP contribution in [0.1, 0.15) is 57.4 Å². The van der Waals surface area contributed by atoms with Crippen LogP contribution in [0.15, 0.2) is 57.9 Å². The minimum atomic E-state index is 0.100. The standard InChI is InChI=1S/C23H29NS2/c1-3-5-11-22(4-2)17-26-23-16-24-12-13-25-21(23)15-19(14-20(22)23)18-9-7-6-8-10-18/h6-10,12-13,15-16,19-20H,3-5,11,14,17H2,1-2H3/t19?,20-,22?,23-/m0/s1. The number of thioether (sulfide) groups is 2. The van der Waals surface area contributed by atoms with E-state index in [0.717, 1.165) is 0 Å². The predicted molar refractivity (Wildman–Crippen MR) is 118 cm³/mol. The highest BCUT2D eigenvalue weighted by atomic mass is 32.2. The van der Waals surface area contributed by atoms with E-state index in [2.05, 4.69) is 78.6 Å². The lowest BCUT2D eigenvalue weighted by atomic mass is 9.61. The number of unbranched alkanes of at least 4 members (excludes halogenated alkanes) is 1. The molecule has 1 aromatic rings. The fourth-order valence-corrected chi connectivity index (χ4v) is 8.26. The monoisotopic (exact) mass is 383 g/mol. The minimum absolute atomic E-state index is 0.100.